The quantitative estimate of drug-likeness (QED) is 0.667. The molecule has 0 saturated carbocycles. The Kier molecular flexibility index (Phi) is 2.77. The molecule has 0 bridgehead atoms. The Morgan fingerprint density at radius 3 is 1.18 bits per heavy atom. The van der Waals surface area contributed by atoms with Gasteiger partial charge in [0.05, 0.1) is 0 Å². The van der Waals surface area contributed by atoms with Crippen LogP contribution in [-0.4, -0.2) is 23.1 Å². The van der Waals surface area contributed by atoms with Crippen LogP contribution in [0.2, 0.25) is 0 Å². The maximum atomic E-state index is 12.2. The van der Waals surface area contributed by atoms with E-state index >= 15 is 0 Å². The summed E-state index contributed by atoms with van der Waals surface area (Å²) in [5.74, 6) is -1.04. The molecule has 6 heteroatoms. The summed E-state index contributed by atoms with van der Waals surface area (Å²) in [7, 11) is 0. The van der Waals surface area contributed by atoms with Gasteiger partial charge in [-0.05, 0) is 41.5 Å². The number of benzene rings is 1. The predicted octanol–water partition coefficient (Wildman–Crippen LogP) is 3.97. The van der Waals surface area contributed by atoms with E-state index in [-0.39, 0.29) is 11.1 Å². The molecular formula is C16H18O6. The summed E-state index contributed by atoms with van der Waals surface area (Å²) in [6, 6.07) is 0. The van der Waals surface area contributed by atoms with Gasteiger partial charge in [-0.3, -0.25) is 0 Å². The number of esters is 2. The fourth-order valence-corrected chi connectivity index (χ4v) is 2.05. The summed E-state index contributed by atoms with van der Waals surface area (Å²) < 4.78 is 21.3. The maximum Gasteiger partial charge on any atom is 0.346 e. The number of fused-ring (bicyclic) bond motifs is 2. The van der Waals surface area contributed by atoms with Crippen LogP contribution < -0.4 is 0 Å². The predicted molar refractivity (Wildman–Crippen MR) is 78.7 cm³/mol. The van der Waals surface area contributed by atoms with Crippen molar-refractivity contribution in [2.75, 3.05) is 0 Å². The molecule has 0 radical (unpaired) electrons. The molecule has 0 aliphatic rings. The van der Waals surface area contributed by atoms with Crippen LogP contribution in [0.25, 0.3) is 22.3 Å². The van der Waals surface area contributed by atoms with Crippen LogP contribution in [0.5, 0.6) is 0 Å². The minimum Gasteiger partial charge on any atom is -0.456 e. The van der Waals surface area contributed by atoms with Gasteiger partial charge < -0.3 is 18.3 Å². The highest BCUT2D eigenvalue weighted by atomic mass is 16.6. The number of hydrogen-bond acceptors (Lipinski definition) is 6. The summed E-state index contributed by atoms with van der Waals surface area (Å²) in [6.45, 7) is 10.7. The first-order chi connectivity index (χ1) is 9.98. The Morgan fingerprint density at radius 2 is 0.955 bits per heavy atom. The minimum absolute atomic E-state index is 0.243. The summed E-state index contributed by atoms with van der Waals surface area (Å²) in [4.78, 5) is 24.4. The van der Waals surface area contributed by atoms with E-state index in [9.17, 15) is 9.59 Å². The van der Waals surface area contributed by atoms with Crippen LogP contribution in [0.1, 0.15) is 62.3 Å². The molecule has 0 spiro atoms. The first-order valence-electron chi connectivity index (χ1n) is 7.04. The molecule has 0 N–H and O–H groups in total. The monoisotopic (exact) mass is 306 g/mol. The van der Waals surface area contributed by atoms with Crippen molar-refractivity contribution in [2.24, 2.45) is 0 Å². The van der Waals surface area contributed by atoms with Crippen LogP contribution in [0.3, 0.4) is 0 Å². The van der Waals surface area contributed by atoms with Crippen LogP contribution in [0, 0.1) is 0 Å². The lowest BCUT2D eigenvalue weighted by Gasteiger charge is -2.19. The topological polar surface area (TPSA) is 78.9 Å². The van der Waals surface area contributed by atoms with E-state index in [0.717, 1.165) is 0 Å². The number of carbonyl (C=O) groups excluding carboxylic acids is 2. The highest BCUT2D eigenvalue weighted by Gasteiger charge is 2.40. The van der Waals surface area contributed by atoms with E-state index in [4.69, 9.17) is 18.3 Å². The van der Waals surface area contributed by atoms with E-state index in [2.05, 4.69) is 0 Å². The molecule has 0 unspecified atom stereocenters. The Morgan fingerprint density at radius 1 is 0.682 bits per heavy atom. The van der Waals surface area contributed by atoms with Crippen molar-refractivity contribution in [2.45, 2.75) is 52.7 Å². The lowest BCUT2D eigenvalue weighted by atomic mass is 10.1. The first-order valence-corrected chi connectivity index (χ1v) is 7.04. The SMILES string of the molecule is CC(C)(C)OC(=O)c1c2oc2c(C(=O)OC(C)(C)C)c2oc12. The van der Waals surface area contributed by atoms with Crippen molar-refractivity contribution in [1.29, 1.82) is 0 Å². The molecule has 2 heterocycles. The molecule has 1 aromatic carbocycles. The van der Waals surface area contributed by atoms with Gasteiger partial charge in [-0.15, -0.1) is 0 Å². The van der Waals surface area contributed by atoms with Gasteiger partial charge in [0, 0.05) is 0 Å². The van der Waals surface area contributed by atoms with Crippen LogP contribution in [-0.2, 0) is 9.47 Å². The molecule has 3 aromatic rings. The van der Waals surface area contributed by atoms with Crippen molar-refractivity contribution < 1.29 is 27.9 Å². The maximum absolute atomic E-state index is 12.2. The Balaban J connectivity index is 1.93. The standard InChI is InChI=1S/C16H18O6/c1-15(2,3)21-13(17)7-9-11(19-9)8(12-10(7)20-12)14(18)22-16(4,5)6/h1-6H3. The van der Waals surface area contributed by atoms with Crippen molar-refractivity contribution in [3.8, 4) is 0 Å². The zero-order valence-corrected chi connectivity index (χ0v) is 13.4. The van der Waals surface area contributed by atoms with Gasteiger partial charge in [0.15, 0.2) is 33.5 Å². The van der Waals surface area contributed by atoms with E-state index < -0.39 is 23.1 Å². The molecule has 22 heavy (non-hydrogen) atoms. The number of ether oxygens (including phenoxy) is 2. The Labute approximate surface area is 127 Å². The molecule has 0 aliphatic carbocycles. The molecule has 118 valence electrons. The van der Waals surface area contributed by atoms with Crippen molar-refractivity contribution in [1.82, 2.24) is 0 Å². The van der Waals surface area contributed by atoms with Crippen molar-refractivity contribution >= 4 is 34.3 Å². The van der Waals surface area contributed by atoms with Gasteiger partial charge in [0.2, 0.25) is 0 Å². The zero-order valence-electron chi connectivity index (χ0n) is 13.4. The van der Waals surface area contributed by atoms with Gasteiger partial charge in [-0.2, -0.15) is 0 Å². The normalized spacial score (nSPS) is 13.4. The highest BCUT2D eigenvalue weighted by molar-refractivity contribution is 6.24. The molecule has 0 aliphatic heterocycles. The number of carbonyl (C=O) groups is 2. The van der Waals surface area contributed by atoms with E-state index in [1.165, 1.54) is 0 Å². The van der Waals surface area contributed by atoms with Gasteiger partial charge in [0.1, 0.15) is 11.2 Å². The summed E-state index contributed by atoms with van der Waals surface area (Å²) in [5, 5.41) is 0. The summed E-state index contributed by atoms with van der Waals surface area (Å²) in [5.41, 5.74) is 0.601. The van der Waals surface area contributed by atoms with E-state index in [0.29, 0.717) is 22.3 Å². The lowest BCUT2D eigenvalue weighted by molar-refractivity contribution is 0.00594. The summed E-state index contributed by atoms with van der Waals surface area (Å²) in [6.07, 6.45) is 0. The smallest absolute Gasteiger partial charge is 0.346 e. The largest absolute Gasteiger partial charge is 0.456 e. The molecule has 0 fully saturated rings. The zero-order chi connectivity index (χ0) is 16.4. The van der Waals surface area contributed by atoms with Crippen molar-refractivity contribution in [3.05, 3.63) is 11.1 Å². The second-order valence-corrected chi connectivity index (χ2v) is 7.27. The van der Waals surface area contributed by atoms with Crippen LogP contribution >= 0.6 is 0 Å². The van der Waals surface area contributed by atoms with Gasteiger partial charge >= 0.3 is 11.9 Å². The Bertz CT molecular complexity index is 728. The molecule has 0 saturated heterocycles. The summed E-state index contributed by atoms with van der Waals surface area (Å²) >= 11 is 0. The molecule has 0 amide bonds. The number of rotatable bonds is 2. The highest BCUT2D eigenvalue weighted by Crippen LogP contribution is 2.45. The Hall–Kier alpha value is -2.24. The van der Waals surface area contributed by atoms with Gasteiger partial charge in [-0.1, -0.05) is 0 Å². The third kappa shape index (κ3) is 2.61. The molecule has 2 aromatic heterocycles. The first kappa shape index (κ1) is 14.7. The van der Waals surface area contributed by atoms with Crippen molar-refractivity contribution in [3.63, 3.8) is 0 Å². The second kappa shape index (κ2) is 4.15. The lowest BCUT2D eigenvalue weighted by Crippen LogP contribution is -2.24. The minimum atomic E-state index is -0.621. The van der Waals surface area contributed by atoms with Crippen LogP contribution in [0.15, 0.2) is 8.83 Å². The molecule has 0 atom stereocenters. The van der Waals surface area contributed by atoms with Crippen LogP contribution in [0.4, 0.5) is 0 Å². The second-order valence-electron chi connectivity index (χ2n) is 7.27. The fourth-order valence-electron chi connectivity index (χ4n) is 2.05. The number of hydrogen-bond donors (Lipinski definition) is 0. The van der Waals surface area contributed by atoms with E-state index in [1.54, 1.807) is 41.5 Å². The third-order valence-electron chi connectivity index (χ3n) is 2.85. The van der Waals surface area contributed by atoms with Gasteiger partial charge in [0.25, 0.3) is 0 Å². The van der Waals surface area contributed by atoms with Gasteiger partial charge in [-0.25, -0.2) is 9.59 Å². The third-order valence-corrected chi connectivity index (χ3v) is 2.85. The average Bonchev–Trinajstić information content (AvgIpc) is 3.11. The van der Waals surface area contributed by atoms with E-state index in [1.807, 2.05) is 0 Å². The molecular weight excluding hydrogens is 288 g/mol. The average molecular weight is 306 g/mol. The molecule has 6 nitrogen and oxygen atoms in total. The molecule has 3 rings (SSSR count). The fraction of sp³-hybridized carbons (Fsp3) is 0.500.